The zero-order valence-electron chi connectivity index (χ0n) is 10.2. The lowest BCUT2D eigenvalue weighted by molar-refractivity contribution is 0.0566. The van der Waals surface area contributed by atoms with Crippen LogP contribution < -0.4 is 5.32 Å². The van der Waals surface area contributed by atoms with E-state index in [1.165, 1.54) is 0 Å². The number of hydrogen-bond donors (Lipinski definition) is 1. The Morgan fingerprint density at radius 1 is 1.35 bits per heavy atom. The van der Waals surface area contributed by atoms with Crippen molar-refractivity contribution in [2.75, 3.05) is 33.3 Å². The molecule has 1 unspecified atom stereocenters. The standard InChI is InChI=1S/C11H19N5O/c1-15-4-5-16-10(8-15)13-14-11(16)9-7-12-3-2-6-17-9/h9,12H,2-8H2,1H3. The molecular formula is C11H19N5O. The fourth-order valence-corrected chi connectivity index (χ4v) is 2.42. The molecule has 17 heavy (non-hydrogen) atoms. The van der Waals surface area contributed by atoms with Gasteiger partial charge in [0.15, 0.2) is 5.82 Å². The summed E-state index contributed by atoms with van der Waals surface area (Å²) in [6.45, 7) is 5.58. The Morgan fingerprint density at radius 3 is 3.24 bits per heavy atom. The van der Waals surface area contributed by atoms with Crippen LogP contribution in [-0.2, 0) is 17.8 Å². The number of nitrogens with one attached hydrogen (secondary N) is 1. The molecule has 1 aromatic rings. The number of rotatable bonds is 1. The highest BCUT2D eigenvalue weighted by Crippen LogP contribution is 2.20. The van der Waals surface area contributed by atoms with Crippen molar-refractivity contribution in [3.05, 3.63) is 11.6 Å². The first kappa shape index (κ1) is 11.1. The van der Waals surface area contributed by atoms with Gasteiger partial charge in [-0.25, -0.2) is 0 Å². The third-order valence-corrected chi connectivity index (χ3v) is 3.41. The minimum absolute atomic E-state index is 0.0576. The maximum absolute atomic E-state index is 5.84. The molecule has 1 N–H and O–H groups in total. The van der Waals surface area contributed by atoms with Gasteiger partial charge in [-0.1, -0.05) is 0 Å². The van der Waals surface area contributed by atoms with Gasteiger partial charge in [-0.3, -0.25) is 4.90 Å². The molecule has 0 radical (unpaired) electrons. The molecular weight excluding hydrogens is 218 g/mol. The summed E-state index contributed by atoms with van der Waals surface area (Å²) in [5.74, 6) is 2.05. The predicted octanol–water partition coefficient (Wildman–Crippen LogP) is -0.225. The summed E-state index contributed by atoms with van der Waals surface area (Å²) in [4.78, 5) is 2.26. The third kappa shape index (κ3) is 2.20. The number of aromatic nitrogens is 3. The molecule has 0 aromatic carbocycles. The van der Waals surface area contributed by atoms with Crippen molar-refractivity contribution in [1.82, 2.24) is 25.0 Å². The average Bonchev–Trinajstić information content (AvgIpc) is 2.57. The van der Waals surface area contributed by atoms with E-state index in [9.17, 15) is 0 Å². The number of likely N-dealkylation sites (N-methyl/N-ethyl adjacent to an activating group) is 1. The van der Waals surface area contributed by atoms with Crippen molar-refractivity contribution in [2.45, 2.75) is 25.6 Å². The molecule has 3 rings (SSSR count). The normalized spacial score (nSPS) is 26.5. The van der Waals surface area contributed by atoms with Crippen LogP contribution in [0.1, 0.15) is 24.2 Å². The summed E-state index contributed by atoms with van der Waals surface area (Å²) < 4.78 is 8.06. The van der Waals surface area contributed by atoms with Gasteiger partial charge < -0.3 is 14.6 Å². The van der Waals surface area contributed by atoms with Gasteiger partial charge in [0.05, 0.1) is 6.54 Å². The van der Waals surface area contributed by atoms with Gasteiger partial charge >= 0.3 is 0 Å². The van der Waals surface area contributed by atoms with Crippen molar-refractivity contribution < 1.29 is 4.74 Å². The van der Waals surface area contributed by atoms with Crippen LogP contribution in [0.25, 0.3) is 0 Å². The van der Waals surface area contributed by atoms with Crippen molar-refractivity contribution >= 4 is 0 Å². The second kappa shape index (κ2) is 4.72. The minimum atomic E-state index is 0.0576. The fourth-order valence-electron chi connectivity index (χ4n) is 2.42. The molecule has 0 amide bonds. The van der Waals surface area contributed by atoms with Crippen LogP contribution in [0.3, 0.4) is 0 Å². The molecule has 94 valence electrons. The highest BCUT2D eigenvalue weighted by Gasteiger charge is 2.25. The number of fused-ring (bicyclic) bond motifs is 1. The van der Waals surface area contributed by atoms with E-state index >= 15 is 0 Å². The van der Waals surface area contributed by atoms with E-state index in [0.717, 1.165) is 57.4 Å². The first-order chi connectivity index (χ1) is 8.34. The molecule has 2 aliphatic rings. The molecule has 0 spiro atoms. The van der Waals surface area contributed by atoms with E-state index in [2.05, 4.69) is 32.0 Å². The quantitative estimate of drug-likeness (QED) is 0.731. The van der Waals surface area contributed by atoms with Gasteiger partial charge in [-0.2, -0.15) is 0 Å². The van der Waals surface area contributed by atoms with Gasteiger partial charge in [-0.05, 0) is 20.0 Å². The number of hydrogen-bond acceptors (Lipinski definition) is 5. The fraction of sp³-hybridized carbons (Fsp3) is 0.818. The van der Waals surface area contributed by atoms with Crippen LogP contribution in [0.2, 0.25) is 0 Å². The summed E-state index contributed by atoms with van der Waals surface area (Å²) in [5.41, 5.74) is 0. The van der Waals surface area contributed by atoms with Crippen LogP contribution >= 0.6 is 0 Å². The van der Waals surface area contributed by atoms with Gasteiger partial charge in [0.25, 0.3) is 0 Å². The predicted molar refractivity (Wildman–Crippen MR) is 62.5 cm³/mol. The van der Waals surface area contributed by atoms with Crippen LogP contribution in [0.5, 0.6) is 0 Å². The summed E-state index contributed by atoms with van der Waals surface area (Å²) in [6, 6.07) is 0. The first-order valence-electron chi connectivity index (χ1n) is 6.27. The maximum atomic E-state index is 5.84. The van der Waals surface area contributed by atoms with Gasteiger partial charge in [-0.15, -0.1) is 10.2 Å². The first-order valence-corrected chi connectivity index (χ1v) is 6.27. The van der Waals surface area contributed by atoms with Crippen molar-refractivity contribution in [2.24, 2.45) is 0 Å². The van der Waals surface area contributed by atoms with E-state index in [0.29, 0.717) is 0 Å². The number of ether oxygens (including phenoxy) is 1. The lowest BCUT2D eigenvalue weighted by Crippen LogP contribution is -2.32. The molecule has 2 aliphatic heterocycles. The Balaban J connectivity index is 1.83. The SMILES string of the molecule is CN1CCn2c(nnc2C2CNCCCO2)C1. The average molecular weight is 237 g/mol. The molecule has 6 heteroatoms. The lowest BCUT2D eigenvalue weighted by Gasteiger charge is -2.25. The molecule has 1 aromatic heterocycles. The van der Waals surface area contributed by atoms with E-state index < -0.39 is 0 Å². The second-order valence-electron chi connectivity index (χ2n) is 4.78. The minimum Gasteiger partial charge on any atom is -0.369 e. The van der Waals surface area contributed by atoms with Crippen LogP contribution in [0, 0.1) is 0 Å². The van der Waals surface area contributed by atoms with Gasteiger partial charge in [0, 0.05) is 26.2 Å². The molecule has 6 nitrogen and oxygen atoms in total. The summed E-state index contributed by atoms with van der Waals surface area (Å²) >= 11 is 0. The molecule has 0 bridgehead atoms. The van der Waals surface area contributed by atoms with Crippen molar-refractivity contribution in [3.63, 3.8) is 0 Å². The molecule has 1 atom stereocenters. The Labute approximate surface area is 101 Å². The Kier molecular flexibility index (Phi) is 3.09. The van der Waals surface area contributed by atoms with E-state index in [1.54, 1.807) is 0 Å². The summed E-state index contributed by atoms with van der Waals surface area (Å²) in [7, 11) is 2.11. The van der Waals surface area contributed by atoms with Crippen LogP contribution in [0.15, 0.2) is 0 Å². The molecule has 0 aliphatic carbocycles. The third-order valence-electron chi connectivity index (χ3n) is 3.41. The lowest BCUT2D eigenvalue weighted by atomic mass is 10.3. The highest BCUT2D eigenvalue weighted by molar-refractivity contribution is 5.03. The molecule has 0 saturated carbocycles. The largest absolute Gasteiger partial charge is 0.369 e. The second-order valence-corrected chi connectivity index (χ2v) is 4.78. The molecule has 1 saturated heterocycles. The topological polar surface area (TPSA) is 55.2 Å². The van der Waals surface area contributed by atoms with Crippen LogP contribution in [0.4, 0.5) is 0 Å². The Morgan fingerprint density at radius 2 is 2.29 bits per heavy atom. The van der Waals surface area contributed by atoms with Crippen molar-refractivity contribution in [1.29, 1.82) is 0 Å². The Bertz CT molecular complexity index is 383. The maximum Gasteiger partial charge on any atom is 0.163 e. The monoisotopic (exact) mass is 237 g/mol. The van der Waals surface area contributed by atoms with E-state index in [1.807, 2.05) is 0 Å². The Hall–Kier alpha value is -0.980. The summed E-state index contributed by atoms with van der Waals surface area (Å²) in [6.07, 6.45) is 1.13. The zero-order valence-corrected chi connectivity index (χ0v) is 10.2. The smallest absolute Gasteiger partial charge is 0.163 e. The summed E-state index contributed by atoms with van der Waals surface area (Å²) in [5, 5.41) is 12.0. The van der Waals surface area contributed by atoms with Gasteiger partial charge in [0.1, 0.15) is 11.9 Å². The molecule has 3 heterocycles. The number of nitrogens with zero attached hydrogens (tertiary/aromatic N) is 4. The highest BCUT2D eigenvalue weighted by atomic mass is 16.5. The van der Waals surface area contributed by atoms with Crippen LogP contribution in [-0.4, -0.2) is 53.0 Å². The van der Waals surface area contributed by atoms with E-state index in [4.69, 9.17) is 4.74 Å². The molecule has 1 fully saturated rings. The van der Waals surface area contributed by atoms with Crippen molar-refractivity contribution in [3.8, 4) is 0 Å². The zero-order chi connectivity index (χ0) is 11.7. The van der Waals surface area contributed by atoms with Gasteiger partial charge in [0.2, 0.25) is 0 Å². The van der Waals surface area contributed by atoms with E-state index in [-0.39, 0.29) is 6.10 Å².